The molecule has 1 unspecified atom stereocenters. The average molecular weight is 389 g/mol. The van der Waals surface area contributed by atoms with Gasteiger partial charge in [-0.25, -0.2) is 9.37 Å². The molecule has 4 aromatic rings. The van der Waals surface area contributed by atoms with Crippen molar-refractivity contribution < 1.29 is 4.39 Å². The third-order valence-corrected chi connectivity index (χ3v) is 5.68. The van der Waals surface area contributed by atoms with Crippen LogP contribution in [-0.2, 0) is 26.1 Å². The monoisotopic (exact) mass is 389 g/mol. The molecule has 1 aliphatic rings. The van der Waals surface area contributed by atoms with Crippen LogP contribution in [0.25, 0.3) is 11.0 Å². The fourth-order valence-electron chi connectivity index (χ4n) is 4.13. The molecule has 0 aliphatic carbocycles. The van der Waals surface area contributed by atoms with E-state index in [1.165, 1.54) is 30.7 Å². The largest absolute Gasteiger partial charge is 0.329 e. The van der Waals surface area contributed by atoms with E-state index < -0.39 is 0 Å². The molecular formula is C23H24FN5. The van der Waals surface area contributed by atoms with Crippen molar-refractivity contribution in [2.75, 3.05) is 0 Å². The number of para-hydroxylation sites is 2. The summed E-state index contributed by atoms with van der Waals surface area (Å²) >= 11 is 0. The molecule has 148 valence electrons. The Morgan fingerprint density at radius 2 is 1.93 bits per heavy atom. The highest BCUT2D eigenvalue weighted by molar-refractivity contribution is 5.74. The number of imidazole rings is 1. The van der Waals surface area contributed by atoms with Gasteiger partial charge in [-0.2, -0.15) is 5.10 Å². The maximum Gasteiger partial charge on any atom is 0.123 e. The van der Waals surface area contributed by atoms with E-state index in [0.717, 1.165) is 35.3 Å². The SMILES string of the molecule is Fc1ccc(C(Cn2cnc3ccccc32)NCc2cc3n(n2)CCCC3)cc1. The molecular weight excluding hydrogens is 365 g/mol. The average Bonchev–Trinajstić information content (AvgIpc) is 3.35. The molecule has 1 aliphatic heterocycles. The van der Waals surface area contributed by atoms with Crippen LogP contribution in [0.3, 0.4) is 0 Å². The normalized spacial score (nSPS) is 14.8. The first kappa shape index (κ1) is 18.1. The molecule has 2 aromatic heterocycles. The van der Waals surface area contributed by atoms with Gasteiger partial charge in [-0.1, -0.05) is 24.3 Å². The summed E-state index contributed by atoms with van der Waals surface area (Å²) in [7, 11) is 0. The highest BCUT2D eigenvalue weighted by Crippen LogP contribution is 2.21. The van der Waals surface area contributed by atoms with Crippen LogP contribution in [0.1, 0.15) is 35.8 Å². The molecule has 0 spiro atoms. The van der Waals surface area contributed by atoms with E-state index in [4.69, 9.17) is 5.10 Å². The van der Waals surface area contributed by atoms with Gasteiger partial charge in [0.1, 0.15) is 5.82 Å². The minimum Gasteiger partial charge on any atom is -0.329 e. The number of benzene rings is 2. The van der Waals surface area contributed by atoms with Crippen LogP contribution >= 0.6 is 0 Å². The van der Waals surface area contributed by atoms with Crippen molar-refractivity contribution in [3.63, 3.8) is 0 Å². The minimum absolute atomic E-state index is 0.0203. The summed E-state index contributed by atoms with van der Waals surface area (Å²) < 4.78 is 17.8. The molecule has 0 saturated carbocycles. The van der Waals surface area contributed by atoms with Gasteiger partial charge in [-0.15, -0.1) is 0 Å². The number of nitrogens with one attached hydrogen (secondary N) is 1. The minimum atomic E-state index is -0.220. The van der Waals surface area contributed by atoms with Crippen molar-refractivity contribution in [3.05, 3.63) is 83.7 Å². The van der Waals surface area contributed by atoms with Gasteiger partial charge in [-0.05, 0) is 55.2 Å². The predicted molar refractivity (Wildman–Crippen MR) is 111 cm³/mol. The lowest BCUT2D eigenvalue weighted by Gasteiger charge is -2.20. The van der Waals surface area contributed by atoms with Crippen molar-refractivity contribution in [2.24, 2.45) is 0 Å². The Morgan fingerprint density at radius 3 is 2.79 bits per heavy atom. The summed E-state index contributed by atoms with van der Waals surface area (Å²) in [5.74, 6) is -0.220. The van der Waals surface area contributed by atoms with E-state index in [0.29, 0.717) is 13.1 Å². The van der Waals surface area contributed by atoms with E-state index in [-0.39, 0.29) is 11.9 Å². The first-order valence-electron chi connectivity index (χ1n) is 10.2. The van der Waals surface area contributed by atoms with Crippen LogP contribution in [-0.4, -0.2) is 19.3 Å². The second-order valence-electron chi connectivity index (χ2n) is 7.68. The maximum absolute atomic E-state index is 13.5. The highest BCUT2D eigenvalue weighted by Gasteiger charge is 2.16. The topological polar surface area (TPSA) is 47.7 Å². The number of hydrogen-bond acceptors (Lipinski definition) is 3. The van der Waals surface area contributed by atoms with Crippen LogP contribution in [0.4, 0.5) is 4.39 Å². The molecule has 5 nitrogen and oxygen atoms in total. The molecule has 1 atom stereocenters. The number of halogens is 1. The number of hydrogen-bond donors (Lipinski definition) is 1. The number of aromatic nitrogens is 4. The third-order valence-electron chi connectivity index (χ3n) is 5.68. The molecule has 0 amide bonds. The van der Waals surface area contributed by atoms with Gasteiger partial charge in [0.25, 0.3) is 0 Å². The van der Waals surface area contributed by atoms with E-state index in [1.807, 2.05) is 36.7 Å². The van der Waals surface area contributed by atoms with Gasteiger partial charge in [0, 0.05) is 25.3 Å². The van der Waals surface area contributed by atoms with Gasteiger partial charge >= 0.3 is 0 Å². The van der Waals surface area contributed by atoms with Gasteiger partial charge in [0.05, 0.1) is 29.1 Å². The summed E-state index contributed by atoms with van der Waals surface area (Å²) in [6, 6.07) is 17.1. The fourth-order valence-corrected chi connectivity index (χ4v) is 4.13. The van der Waals surface area contributed by atoms with E-state index in [9.17, 15) is 4.39 Å². The van der Waals surface area contributed by atoms with Gasteiger partial charge in [0.2, 0.25) is 0 Å². The van der Waals surface area contributed by atoms with Gasteiger partial charge < -0.3 is 9.88 Å². The molecule has 5 rings (SSSR count). The molecule has 6 heteroatoms. The second-order valence-corrected chi connectivity index (χ2v) is 7.68. The third kappa shape index (κ3) is 3.80. The number of rotatable bonds is 6. The zero-order valence-electron chi connectivity index (χ0n) is 16.3. The first-order valence-corrected chi connectivity index (χ1v) is 10.2. The summed E-state index contributed by atoms with van der Waals surface area (Å²) in [6.07, 6.45) is 5.42. The highest BCUT2D eigenvalue weighted by atomic mass is 19.1. The fraction of sp³-hybridized carbons (Fsp3) is 0.304. The van der Waals surface area contributed by atoms with Crippen molar-refractivity contribution >= 4 is 11.0 Å². The Hall–Kier alpha value is -2.99. The summed E-state index contributed by atoms with van der Waals surface area (Å²) in [6.45, 7) is 2.39. The standard InChI is InChI=1S/C23H24FN5/c24-18-10-8-17(9-11-18)22(15-28-16-26-21-6-1-2-7-23(21)28)25-14-19-13-20-5-3-4-12-29(20)27-19/h1-2,6-11,13,16,22,25H,3-5,12,14-15H2. The van der Waals surface area contributed by atoms with Gasteiger partial charge in [0.15, 0.2) is 0 Å². The number of nitrogens with zero attached hydrogens (tertiary/aromatic N) is 4. The Bertz CT molecular complexity index is 1090. The predicted octanol–water partition coefficient (Wildman–Crippen LogP) is 4.24. The lowest BCUT2D eigenvalue weighted by molar-refractivity contribution is 0.454. The molecule has 0 fully saturated rings. The molecule has 2 aromatic carbocycles. The van der Waals surface area contributed by atoms with Crippen LogP contribution in [0.5, 0.6) is 0 Å². The number of aryl methyl sites for hydroxylation is 2. The van der Waals surface area contributed by atoms with Crippen molar-refractivity contribution in [1.29, 1.82) is 0 Å². The van der Waals surface area contributed by atoms with Crippen LogP contribution in [0, 0.1) is 5.82 Å². The zero-order chi connectivity index (χ0) is 19.6. The molecule has 1 N–H and O–H groups in total. The zero-order valence-corrected chi connectivity index (χ0v) is 16.3. The summed E-state index contributed by atoms with van der Waals surface area (Å²) in [4.78, 5) is 4.50. The Morgan fingerprint density at radius 1 is 1.07 bits per heavy atom. The molecule has 0 bridgehead atoms. The maximum atomic E-state index is 13.5. The van der Waals surface area contributed by atoms with Crippen molar-refractivity contribution in [2.45, 2.75) is 44.9 Å². The molecule has 0 radical (unpaired) electrons. The Labute approximate surface area is 169 Å². The van der Waals surface area contributed by atoms with Crippen molar-refractivity contribution in [1.82, 2.24) is 24.6 Å². The molecule has 0 saturated heterocycles. The van der Waals surface area contributed by atoms with E-state index in [1.54, 1.807) is 0 Å². The lowest BCUT2D eigenvalue weighted by atomic mass is 10.1. The van der Waals surface area contributed by atoms with E-state index in [2.05, 4.69) is 31.7 Å². The number of fused-ring (bicyclic) bond motifs is 2. The molecule has 29 heavy (non-hydrogen) atoms. The second kappa shape index (κ2) is 7.79. The lowest BCUT2D eigenvalue weighted by Crippen LogP contribution is -2.25. The van der Waals surface area contributed by atoms with E-state index >= 15 is 0 Å². The van der Waals surface area contributed by atoms with Crippen LogP contribution in [0.15, 0.2) is 60.9 Å². The van der Waals surface area contributed by atoms with Crippen LogP contribution < -0.4 is 5.32 Å². The quantitative estimate of drug-likeness (QED) is 0.537. The first-order chi connectivity index (χ1) is 14.3. The summed E-state index contributed by atoms with van der Waals surface area (Å²) in [5, 5.41) is 8.39. The smallest absolute Gasteiger partial charge is 0.123 e. The molecule has 3 heterocycles. The Kier molecular flexibility index (Phi) is 4.86. The van der Waals surface area contributed by atoms with Crippen molar-refractivity contribution in [3.8, 4) is 0 Å². The van der Waals surface area contributed by atoms with Crippen LogP contribution in [0.2, 0.25) is 0 Å². The Balaban J connectivity index is 1.39. The van der Waals surface area contributed by atoms with Gasteiger partial charge in [-0.3, -0.25) is 4.68 Å². The summed E-state index contributed by atoms with van der Waals surface area (Å²) in [5.41, 5.74) is 5.51.